The average Bonchev–Trinajstić information content (AvgIpc) is 2.46. The molecule has 108 valence electrons. The number of carbonyl (C=O) groups excluding carboxylic acids is 1. The van der Waals surface area contributed by atoms with Gasteiger partial charge in [0.1, 0.15) is 5.60 Å². The highest BCUT2D eigenvalue weighted by Gasteiger charge is 2.28. The van der Waals surface area contributed by atoms with Crippen molar-refractivity contribution in [3.63, 3.8) is 0 Å². The van der Waals surface area contributed by atoms with Crippen LogP contribution < -0.4 is 5.32 Å². The molecule has 0 unspecified atom stereocenters. The Labute approximate surface area is 117 Å². The zero-order chi connectivity index (χ0) is 14.1. The second kappa shape index (κ2) is 8.03. The van der Waals surface area contributed by atoms with E-state index in [1.807, 2.05) is 0 Å². The van der Waals surface area contributed by atoms with Crippen molar-refractivity contribution >= 4 is 6.09 Å². The smallest absolute Gasteiger partial charge is 0.407 e. The molecule has 0 aromatic rings. The zero-order valence-corrected chi connectivity index (χ0v) is 12.5. The van der Waals surface area contributed by atoms with Gasteiger partial charge in [-0.25, -0.2) is 4.79 Å². The summed E-state index contributed by atoms with van der Waals surface area (Å²) in [6.07, 6.45) is 12.0. The van der Waals surface area contributed by atoms with Crippen LogP contribution >= 0.6 is 0 Å². The lowest BCUT2D eigenvalue weighted by Crippen LogP contribution is -2.38. The number of amides is 1. The molecular weight excluding hydrogens is 238 g/mol. The van der Waals surface area contributed by atoms with Crippen molar-refractivity contribution in [2.45, 2.75) is 64.9 Å². The molecule has 1 N–H and O–H groups in total. The molecule has 0 aliphatic heterocycles. The topological polar surface area (TPSA) is 38.3 Å². The molecule has 0 heterocycles. The van der Waals surface area contributed by atoms with Gasteiger partial charge in [-0.3, -0.25) is 0 Å². The van der Waals surface area contributed by atoms with Crippen LogP contribution in [0, 0.1) is 0 Å². The largest absolute Gasteiger partial charge is 0.443 e. The molecule has 0 aromatic carbocycles. The molecule has 0 saturated heterocycles. The second-order valence-corrected chi connectivity index (χ2v) is 5.07. The number of carbonyl (C=O) groups is 1. The Hall–Kier alpha value is -1.25. The Balaban J connectivity index is 2.31. The van der Waals surface area contributed by atoms with Gasteiger partial charge in [-0.1, -0.05) is 44.6 Å². The van der Waals surface area contributed by atoms with Crippen LogP contribution in [0.5, 0.6) is 0 Å². The number of hydrogen-bond acceptors (Lipinski definition) is 2. The van der Waals surface area contributed by atoms with Crippen LogP contribution in [-0.4, -0.2) is 18.2 Å². The molecule has 1 amide bonds. The van der Waals surface area contributed by atoms with E-state index >= 15 is 0 Å². The summed E-state index contributed by atoms with van der Waals surface area (Å²) in [4.78, 5) is 11.8. The highest BCUT2D eigenvalue weighted by atomic mass is 16.6. The molecule has 0 fully saturated rings. The molecule has 0 atom stereocenters. The van der Waals surface area contributed by atoms with E-state index in [9.17, 15) is 4.79 Å². The number of ether oxygens (including phenoxy) is 1. The maximum Gasteiger partial charge on any atom is 0.407 e. The Morgan fingerprint density at radius 1 is 1.26 bits per heavy atom. The summed E-state index contributed by atoms with van der Waals surface area (Å²) in [6.45, 7) is 6.84. The van der Waals surface area contributed by atoms with E-state index in [4.69, 9.17) is 4.74 Å². The first-order chi connectivity index (χ1) is 9.15. The van der Waals surface area contributed by atoms with Crippen LogP contribution in [0.3, 0.4) is 0 Å². The van der Waals surface area contributed by atoms with Crippen LogP contribution in [0.2, 0.25) is 0 Å². The second-order valence-electron chi connectivity index (χ2n) is 5.07. The van der Waals surface area contributed by atoms with E-state index < -0.39 is 0 Å². The molecule has 0 radical (unpaired) electrons. The van der Waals surface area contributed by atoms with Crippen molar-refractivity contribution in [3.8, 4) is 0 Å². The van der Waals surface area contributed by atoms with Crippen LogP contribution in [0.15, 0.2) is 23.8 Å². The Morgan fingerprint density at radius 2 is 1.95 bits per heavy atom. The lowest BCUT2D eigenvalue weighted by molar-refractivity contribution is 0.00179. The number of allylic oxidation sites excluding steroid dienone is 3. The molecule has 19 heavy (non-hydrogen) atoms. The van der Waals surface area contributed by atoms with Crippen molar-refractivity contribution in [1.29, 1.82) is 0 Å². The van der Waals surface area contributed by atoms with E-state index in [0.717, 1.165) is 38.5 Å². The van der Waals surface area contributed by atoms with Crippen molar-refractivity contribution in [2.75, 3.05) is 6.54 Å². The van der Waals surface area contributed by atoms with E-state index in [1.54, 1.807) is 0 Å². The van der Waals surface area contributed by atoms with Crippen LogP contribution in [-0.2, 0) is 4.74 Å². The number of rotatable bonds is 7. The summed E-state index contributed by atoms with van der Waals surface area (Å²) < 4.78 is 5.59. The van der Waals surface area contributed by atoms with E-state index in [1.165, 1.54) is 5.57 Å². The highest BCUT2D eigenvalue weighted by molar-refractivity contribution is 5.67. The van der Waals surface area contributed by atoms with Crippen molar-refractivity contribution in [1.82, 2.24) is 5.32 Å². The number of nitrogens with one attached hydrogen (secondary N) is 1. The summed E-state index contributed by atoms with van der Waals surface area (Å²) in [5.41, 5.74) is 1.01. The van der Waals surface area contributed by atoms with Crippen LogP contribution in [0.1, 0.15) is 59.3 Å². The molecule has 1 aliphatic rings. The average molecular weight is 265 g/mol. The number of alkyl carbamates (subject to hydrolysis) is 1. The van der Waals surface area contributed by atoms with Gasteiger partial charge in [0.15, 0.2) is 0 Å². The third kappa shape index (κ3) is 5.09. The minimum atomic E-state index is -0.298. The monoisotopic (exact) mass is 265 g/mol. The molecule has 1 rings (SSSR count). The standard InChI is InChI=1S/C16H27NO2/c1-4-16(5-2,6-3)19-15(18)17-13-12-14-10-8-7-9-11-14/h8,10-11H,4-7,9,12-13H2,1-3H3,(H,17,18). The Kier molecular flexibility index (Phi) is 6.68. The summed E-state index contributed by atoms with van der Waals surface area (Å²) in [6, 6.07) is 0. The maximum atomic E-state index is 11.8. The fraction of sp³-hybridized carbons (Fsp3) is 0.688. The third-order valence-corrected chi connectivity index (χ3v) is 4.00. The molecule has 0 spiro atoms. The van der Waals surface area contributed by atoms with Crippen LogP contribution in [0.25, 0.3) is 0 Å². The lowest BCUT2D eigenvalue weighted by atomic mass is 9.94. The van der Waals surface area contributed by atoms with Crippen LogP contribution in [0.4, 0.5) is 4.79 Å². The zero-order valence-electron chi connectivity index (χ0n) is 12.5. The van der Waals surface area contributed by atoms with Gasteiger partial charge in [0.2, 0.25) is 0 Å². The molecule has 3 heteroatoms. The van der Waals surface area contributed by atoms with E-state index in [-0.39, 0.29) is 11.7 Å². The van der Waals surface area contributed by atoms with Gasteiger partial charge in [-0.15, -0.1) is 0 Å². The molecule has 3 nitrogen and oxygen atoms in total. The van der Waals surface area contributed by atoms with Crippen molar-refractivity contribution < 1.29 is 9.53 Å². The summed E-state index contributed by atoms with van der Waals surface area (Å²) in [5, 5.41) is 2.85. The minimum absolute atomic E-state index is 0.286. The highest BCUT2D eigenvalue weighted by Crippen LogP contribution is 2.24. The van der Waals surface area contributed by atoms with E-state index in [0.29, 0.717) is 6.54 Å². The first-order valence-electron chi connectivity index (χ1n) is 7.48. The van der Waals surface area contributed by atoms with Gasteiger partial charge in [-0.05, 0) is 38.5 Å². The van der Waals surface area contributed by atoms with Gasteiger partial charge in [0.25, 0.3) is 0 Å². The quantitative estimate of drug-likeness (QED) is 0.743. The van der Waals surface area contributed by atoms with Gasteiger partial charge in [0, 0.05) is 6.54 Å². The fourth-order valence-electron chi connectivity index (χ4n) is 2.36. The SMILES string of the molecule is CCC(CC)(CC)OC(=O)NCCC1=CCCC=C1. The number of hydrogen-bond donors (Lipinski definition) is 1. The summed E-state index contributed by atoms with van der Waals surface area (Å²) in [7, 11) is 0. The molecule has 0 bridgehead atoms. The summed E-state index contributed by atoms with van der Waals surface area (Å²) >= 11 is 0. The predicted octanol–water partition coefficient (Wildman–Crippen LogP) is 4.35. The first-order valence-corrected chi connectivity index (χ1v) is 7.48. The Bertz CT molecular complexity index is 332. The lowest BCUT2D eigenvalue weighted by Gasteiger charge is -2.30. The fourth-order valence-corrected chi connectivity index (χ4v) is 2.36. The van der Waals surface area contributed by atoms with Gasteiger partial charge in [-0.2, -0.15) is 0 Å². The summed E-state index contributed by atoms with van der Waals surface area (Å²) in [5.74, 6) is 0. The maximum absolute atomic E-state index is 11.8. The normalized spacial score (nSPS) is 15.0. The minimum Gasteiger partial charge on any atom is -0.443 e. The third-order valence-electron chi connectivity index (χ3n) is 4.00. The predicted molar refractivity (Wildman–Crippen MR) is 79.2 cm³/mol. The van der Waals surface area contributed by atoms with Gasteiger partial charge >= 0.3 is 6.09 Å². The molecule has 0 aromatic heterocycles. The van der Waals surface area contributed by atoms with Gasteiger partial charge in [0.05, 0.1) is 0 Å². The molecule has 1 aliphatic carbocycles. The first kappa shape index (κ1) is 15.8. The Morgan fingerprint density at radius 3 is 2.47 bits per heavy atom. The van der Waals surface area contributed by atoms with Crippen molar-refractivity contribution in [2.24, 2.45) is 0 Å². The van der Waals surface area contributed by atoms with Crippen molar-refractivity contribution in [3.05, 3.63) is 23.8 Å². The van der Waals surface area contributed by atoms with Gasteiger partial charge < -0.3 is 10.1 Å². The van der Waals surface area contributed by atoms with E-state index in [2.05, 4.69) is 44.3 Å². The molecular formula is C16H27NO2. The molecule has 0 saturated carbocycles.